The van der Waals surface area contributed by atoms with Crippen molar-refractivity contribution >= 4 is 11.7 Å². The van der Waals surface area contributed by atoms with Crippen LogP contribution in [0.4, 0.5) is 5.69 Å². The van der Waals surface area contributed by atoms with Gasteiger partial charge in [-0.05, 0) is 31.2 Å². The lowest BCUT2D eigenvalue weighted by Gasteiger charge is -2.13. The van der Waals surface area contributed by atoms with Gasteiger partial charge in [0.15, 0.2) is 0 Å². The molecule has 0 saturated carbocycles. The second-order valence-electron chi connectivity index (χ2n) is 4.23. The molecule has 0 amide bonds. The number of hydrogen-bond acceptors (Lipinski definition) is 4. The number of nitrogen functional groups attached to an aromatic ring is 1. The topological polar surface area (TPSA) is 84.6 Å². The maximum absolute atomic E-state index is 11.0. The largest absolute Gasteiger partial charge is 0.492 e. The minimum atomic E-state index is -1.02. The van der Waals surface area contributed by atoms with Gasteiger partial charge in [0.05, 0.1) is 6.61 Å². The van der Waals surface area contributed by atoms with E-state index in [1.165, 1.54) is 6.07 Å². The van der Waals surface area contributed by atoms with Crippen LogP contribution >= 0.6 is 0 Å². The standard InChI is InChI=1S/C12H16N2O3/c13-9-1-2-11(10(5-9)12(15)16)17-7-8-3-4-14-6-8/h1-2,5,8,14H,3-4,6-7,13H2,(H,15,16). The van der Waals surface area contributed by atoms with Gasteiger partial charge in [0.25, 0.3) is 0 Å². The smallest absolute Gasteiger partial charge is 0.339 e. The number of anilines is 1. The lowest BCUT2D eigenvalue weighted by Crippen LogP contribution is -2.16. The number of rotatable bonds is 4. The van der Waals surface area contributed by atoms with Gasteiger partial charge in [-0.25, -0.2) is 4.79 Å². The quantitative estimate of drug-likeness (QED) is 0.678. The molecule has 0 radical (unpaired) electrons. The van der Waals surface area contributed by atoms with Crippen molar-refractivity contribution in [3.05, 3.63) is 23.8 Å². The fourth-order valence-corrected chi connectivity index (χ4v) is 1.90. The lowest BCUT2D eigenvalue weighted by atomic mass is 10.1. The number of carboxylic acids is 1. The highest BCUT2D eigenvalue weighted by atomic mass is 16.5. The van der Waals surface area contributed by atoms with E-state index in [1.807, 2.05) is 0 Å². The second-order valence-corrected chi connectivity index (χ2v) is 4.23. The first-order chi connectivity index (χ1) is 8.16. The van der Waals surface area contributed by atoms with Crippen LogP contribution in [0.5, 0.6) is 5.75 Å². The average Bonchev–Trinajstić information content (AvgIpc) is 2.80. The van der Waals surface area contributed by atoms with Crippen LogP contribution in [0, 0.1) is 5.92 Å². The van der Waals surface area contributed by atoms with Crippen molar-refractivity contribution < 1.29 is 14.6 Å². The first kappa shape index (κ1) is 11.7. The third-order valence-corrected chi connectivity index (χ3v) is 2.87. The van der Waals surface area contributed by atoms with E-state index in [2.05, 4.69) is 5.32 Å². The summed E-state index contributed by atoms with van der Waals surface area (Å²) in [6.45, 7) is 2.47. The fourth-order valence-electron chi connectivity index (χ4n) is 1.90. The summed E-state index contributed by atoms with van der Waals surface area (Å²) in [4.78, 5) is 11.0. The Labute approximate surface area is 99.6 Å². The van der Waals surface area contributed by atoms with E-state index in [-0.39, 0.29) is 5.56 Å². The summed E-state index contributed by atoms with van der Waals surface area (Å²) in [5, 5.41) is 12.3. The molecule has 1 fully saturated rings. The molecule has 17 heavy (non-hydrogen) atoms. The SMILES string of the molecule is Nc1ccc(OCC2CCNC2)c(C(=O)O)c1. The van der Waals surface area contributed by atoms with E-state index < -0.39 is 5.97 Å². The number of aromatic carboxylic acids is 1. The molecule has 4 N–H and O–H groups in total. The summed E-state index contributed by atoms with van der Waals surface area (Å²) < 4.78 is 5.56. The van der Waals surface area contributed by atoms with Gasteiger partial charge in [0.2, 0.25) is 0 Å². The monoisotopic (exact) mass is 236 g/mol. The van der Waals surface area contributed by atoms with Crippen LogP contribution < -0.4 is 15.8 Å². The molecule has 0 aromatic heterocycles. The number of carbonyl (C=O) groups is 1. The zero-order chi connectivity index (χ0) is 12.3. The number of hydrogen-bond donors (Lipinski definition) is 3. The summed E-state index contributed by atoms with van der Waals surface area (Å²) in [6.07, 6.45) is 1.07. The molecule has 1 aromatic rings. The van der Waals surface area contributed by atoms with Crippen molar-refractivity contribution in [1.82, 2.24) is 5.32 Å². The third-order valence-electron chi connectivity index (χ3n) is 2.87. The molecule has 0 aliphatic carbocycles. The molecule has 0 spiro atoms. The number of nitrogens with one attached hydrogen (secondary N) is 1. The van der Waals surface area contributed by atoms with Gasteiger partial charge in [-0.3, -0.25) is 0 Å². The van der Waals surface area contributed by atoms with Gasteiger partial charge in [0, 0.05) is 18.2 Å². The highest BCUT2D eigenvalue weighted by molar-refractivity contribution is 5.92. The van der Waals surface area contributed by atoms with Gasteiger partial charge in [-0.2, -0.15) is 0 Å². The highest BCUT2D eigenvalue weighted by Gasteiger charge is 2.17. The van der Waals surface area contributed by atoms with E-state index >= 15 is 0 Å². The van der Waals surface area contributed by atoms with E-state index in [0.29, 0.717) is 24.0 Å². The van der Waals surface area contributed by atoms with Gasteiger partial charge in [-0.15, -0.1) is 0 Å². The lowest BCUT2D eigenvalue weighted by molar-refractivity contribution is 0.0691. The summed E-state index contributed by atoms with van der Waals surface area (Å²) in [5.74, 6) is -0.176. The summed E-state index contributed by atoms with van der Waals surface area (Å²) >= 11 is 0. The Morgan fingerprint density at radius 1 is 1.59 bits per heavy atom. The second kappa shape index (κ2) is 5.05. The number of benzene rings is 1. The third kappa shape index (κ3) is 2.88. The molecule has 1 atom stereocenters. The Balaban J connectivity index is 2.06. The molecule has 5 nitrogen and oxygen atoms in total. The van der Waals surface area contributed by atoms with Crippen molar-refractivity contribution in [3.63, 3.8) is 0 Å². The molecule has 1 heterocycles. The van der Waals surface area contributed by atoms with Gasteiger partial charge < -0.3 is 20.9 Å². The van der Waals surface area contributed by atoms with Crippen molar-refractivity contribution in [2.45, 2.75) is 6.42 Å². The molecule has 1 aliphatic heterocycles. The summed E-state index contributed by atoms with van der Waals surface area (Å²) in [5.41, 5.74) is 6.10. The highest BCUT2D eigenvalue weighted by Crippen LogP contribution is 2.22. The van der Waals surface area contributed by atoms with Crippen LogP contribution in [0.3, 0.4) is 0 Å². The molecule has 1 aliphatic rings. The first-order valence-corrected chi connectivity index (χ1v) is 5.63. The van der Waals surface area contributed by atoms with Crippen LogP contribution in [0.2, 0.25) is 0 Å². The van der Waals surface area contributed by atoms with Gasteiger partial charge in [0.1, 0.15) is 11.3 Å². The molecular formula is C12H16N2O3. The zero-order valence-electron chi connectivity index (χ0n) is 9.48. The van der Waals surface area contributed by atoms with Crippen LogP contribution in [-0.4, -0.2) is 30.8 Å². The maximum Gasteiger partial charge on any atom is 0.339 e. The van der Waals surface area contributed by atoms with E-state index in [1.54, 1.807) is 12.1 Å². The van der Waals surface area contributed by atoms with E-state index in [0.717, 1.165) is 19.5 Å². The zero-order valence-corrected chi connectivity index (χ0v) is 9.48. The van der Waals surface area contributed by atoms with Gasteiger partial charge in [-0.1, -0.05) is 0 Å². The minimum Gasteiger partial charge on any atom is -0.492 e. The molecule has 2 rings (SSSR count). The van der Waals surface area contributed by atoms with Crippen LogP contribution in [-0.2, 0) is 0 Å². The number of ether oxygens (including phenoxy) is 1. The van der Waals surface area contributed by atoms with Crippen molar-refractivity contribution in [2.75, 3.05) is 25.4 Å². The Morgan fingerprint density at radius 2 is 2.41 bits per heavy atom. The van der Waals surface area contributed by atoms with E-state index in [9.17, 15) is 4.79 Å². The van der Waals surface area contributed by atoms with Crippen molar-refractivity contribution in [1.29, 1.82) is 0 Å². The molecule has 1 unspecified atom stereocenters. The summed E-state index contributed by atoms with van der Waals surface area (Å²) in [6, 6.07) is 4.68. The van der Waals surface area contributed by atoms with Gasteiger partial charge >= 0.3 is 5.97 Å². The van der Waals surface area contributed by atoms with E-state index in [4.69, 9.17) is 15.6 Å². The molecule has 1 aromatic carbocycles. The Kier molecular flexibility index (Phi) is 3.49. The van der Waals surface area contributed by atoms with Crippen molar-refractivity contribution in [2.24, 2.45) is 5.92 Å². The number of carboxylic acid groups (broad SMARTS) is 1. The van der Waals surface area contributed by atoms with Crippen LogP contribution in [0.15, 0.2) is 18.2 Å². The molecule has 1 saturated heterocycles. The van der Waals surface area contributed by atoms with Crippen molar-refractivity contribution in [3.8, 4) is 5.75 Å². The number of nitrogens with two attached hydrogens (primary N) is 1. The van der Waals surface area contributed by atoms with Crippen LogP contribution in [0.1, 0.15) is 16.8 Å². The Bertz CT molecular complexity index is 414. The predicted molar refractivity (Wildman–Crippen MR) is 64.3 cm³/mol. The van der Waals surface area contributed by atoms with Crippen LogP contribution in [0.25, 0.3) is 0 Å². The molecular weight excluding hydrogens is 220 g/mol. The summed E-state index contributed by atoms with van der Waals surface area (Å²) in [7, 11) is 0. The normalized spacial score (nSPS) is 19.2. The fraction of sp³-hybridized carbons (Fsp3) is 0.417. The Morgan fingerprint density at radius 3 is 3.06 bits per heavy atom. The Hall–Kier alpha value is -1.75. The minimum absolute atomic E-state index is 0.121. The maximum atomic E-state index is 11.0. The molecule has 5 heteroatoms. The average molecular weight is 236 g/mol. The molecule has 92 valence electrons. The predicted octanol–water partition coefficient (Wildman–Crippen LogP) is 0.955. The first-order valence-electron chi connectivity index (χ1n) is 5.63. The molecule has 0 bridgehead atoms.